The average Bonchev–Trinajstić information content (AvgIpc) is 3.36. The van der Waals surface area contributed by atoms with Gasteiger partial charge in [0.05, 0.1) is 12.2 Å². The van der Waals surface area contributed by atoms with Gasteiger partial charge >= 0.3 is 0 Å². The smallest absolute Gasteiger partial charge is 0.155 e. The molecule has 25 heavy (non-hydrogen) atoms. The van der Waals surface area contributed by atoms with E-state index < -0.39 is 5.60 Å². The number of hydrogen-bond acceptors (Lipinski definition) is 3. The number of aliphatic hydroxyl groups is 2. The van der Waals surface area contributed by atoms with Gasteiger partial charge in [0.25, 0.3) is 0 Å². The fourth-order valence-electron chi connectivity index (χ4n) is 7.77. The van der Waals surface area contributed by atoms with Crippen LogP contribution in [0.15, 0.2) is 23.8 Å². The van der Waals surface area contributed by atoms with Gasteiger partial charge in [0.2, 0.25) is 0 Å². The standard InChI is InChI=1S/C22H30O3/c1-21-9-7-16-15-6-4-14(24)11-13(15)3-5-17(16)20(21)18-12-19(18)22(21,25)8-2-10-23/h2,8,11,15-20,23,25H,3-7,9-10,12H2,1H3/b8-2-/t15?,16?,17?,18?,19?,20?,21-,22-/m0/s1. The fourth-order valence-corrected chi connectivity index (χ4v) is 7.77. The minimum Gasteiger partial charge on any atom is -0.392 e. The lowest BCUT2D eigenvalue weighted by atomic mass is 9.49. The van der Waals surface area contributed by atoms with Crippen molar-refractivity contribution in [3.8, 4) is 0 Å². The third-order valence-electron chi connectivity index (χ3n) is 8.81. The normalized spacial score (nSPS) is 53.7. The lowest BCUT2D eigenvalue weighted by molar-refractivity contribution is -0.119. The Bertz CT molecular complexity index is 664. The summed E-state index contributed by atoms with van der Waals surface area (Å²) in [6, 6.07) is 0. The van der Waals surface area contributed by atoms with Crippen LogP contribution in [0.2, 0.25) is 0 Å². The summed E-state index contributed by atoms with van der Waals surface area (Å²) in [5.74, 6) is 4.06. The summed E-state index contributed by atoms with van der Waals surface area (Å²) in [5.41, 5.74) is 0.662. The molecule has 0 amide bonds. The first kappa shape index (κ1) is 16.3. The van der Waals surface area contributed by atoms with Crippen LogP contribution in [0.4, 0.5) is 0 Å². The molecule has 0 radical (unpaired) electrons. The van der Waals surface area contributed by atoms with E-state index in [1.54, 1.807) is 6.08 Å². The van der Waals surface area contributed by atoms with Crippen molar-refractivity contribution in [2.45, 2.75) is 57.5 Å². The molecule has 3 nitrogen and oxygen atoms in total. The topological polar surface area (TPSA) is 57.5 Å². The Balaban J connectivity index is 1.48. The van der Waals surface area contributed by atoms with Gasteiger partial charge in [-0.3, -0.25) is 4.79 Å². The number of hydrogen-bond donors (Lipinski definition) is 2. The van der Waals surface area contributed by atoms with E-state index in [1.165, 1.54) is 18.4 Å². The van der Waals surface area contributed by atoms with Gasteiger partial charge in [0, 0.05) is 11.8 Å². The average molecular weight is 342 g/mol. The van der Waals surface area contributed by atoms with Gasteiger partial charge in [0.15, 0.2) is 5.78 Å². The monoisotopic (exact) mass is 342 g/mol. The van der Waals surface area contributed by atoms with Crippen LogP contribution in [0.3, 0.4) is 0 Å². The van der Waals surface area contributed by atoms with E-state index in [2.05, 4.69) is 6.92 Å². The molecule has 0 aromatic rings. The molecule has 0 spiro atoms. The fraction of sp³-hybridized carbons (Fsp3) is 0.773. The molecule has 4 fully saturated rings. The van der Waals surface area contributed by atoms with Crippen molar-refractivity contribution in [3.05, 3.63) is 23.8 Å². The van der Waals surface area contributed by atoms with E-state index in [-0.39, 0.29) is 12.0 Å². The molecule has 0 saturated heterocycles. The molecule has 5 aliphatic carbocycles. The molecule has 0 aromatic carbocycles. The van der Waals surface area contributed by atoms with E-state index >= 15 is 0 Å². The van der Waals surface area contributed by atoms with E-state index in [0.717, 1.165) is 38.0 Å². The maximum atomic E-state index is 11.8. The Morgan fingerprint density at radius 3 is 2.84 bits per heavy atom. The highest BCUT2D eigenvalue weighted by atomic mass is 16.3. The number of allylic oxidation sites excluding steroid dienone is 1. The highest BCUT2D eigenvalue weighted by molar-refractivity contribution is 5.91. The van der Waals surface area contributed by atoms with Crippen molar-refractivity contribution in [2.24, 2.45) is 40.9 Å². The van der Waals surface area contributed by atoms with Gasteiger partial charge in [-0.15, -0.1) is 0 Å². The summed E-state index contributed by atoms with van der Waals surface area (Å²) in [4.78, 5) is 11.8. The highest BCUT2D eigenvalue weighted by Gasteiger charge is 2.74. The molecule has 2 N–H and O–H groups in total. The Morgan fingerprint density at radius 1 is 1.20 bits per heavy atom. The van der Waals surface area contributed by atoms with Crippen molar-refractivity contribution in [1.82, 2.24) is 0 Å². The summed E-state index contributed by atoms with van der Waals surface area (Å²) in [6.45, 7) is 2.33. The van der Waals surface area contributed by atoms with Gasteiger partial charge < -0.3 is 10.2 Å². The van der Waals surface area contributed by atoms with E-state index in [9.17, 15) is 15.0 Å². The SMILES string of the molecule is C[C@]12CCC3C4CCC(=O)C=C4CCC3C1C1CC1[C@@]2(O)/C=C\CO. The third kappa shape index (κ3) is 2.03. The van der Waals surface area contributed by atoms with E-state index in [0.29, 0.717) is 35.4 Å². The molecule has 4 saturated carbocycles. The molecular weight excluding hydrogens is 312 g/mol. The quantitative estimate of drug-likeness (QED) is 0.757. The van der Waals surface area contributed by atoms with Crippen molar-refractivity contribution < 1.29 is 15.0 Å². The van der Waals surface area contributed by atoms with Gasteiger partial charge in [-0.2, -0.15) is 0 Å². The summed E-state index contributed by atoms with van der Waals surface area (Å²) < 4.78 is 0. The molecule has 6 unspecified atom stereocenters. The Kier molecular flexibility index (Phi) is 3.44. The van der Waals surface area contributed by atoms with Crippen LogP contribution < -0.4 is 0 Å². The number of fused-ring (bicyclic) bond motifs is 7. The first-order valence-electron chi connectivity index (χ1n) is 10.2. The molecule has 0 bridgehead atoms. The second kappa shape index (κ2) is 5.29. The molecule has 5 rings (SSSR count). The van der Waals surface area contributed by atoms with Crippen LogP contribution in [0.1, 0.15) is 51.9 Å². The Hall–Kier alpha value is -0.930. The predicted octanol–water partition coefficient (Wildman–Crippen LogP) is 3.26. The second-order valence-electron chi connectivity index (χ2n) is 9.60. The van der Waals surface area contributed by atoms with Crippen molar-refractivity contribution in [3.63, 3.8) is 0 Å². The largest absolute Gasteiger partial charge is 0.392 e. The lowest BCUT2D eigenvalue weighted by Crippen LogP contribution is -2.54. The molecule has 3 heteroatoms. The summed E-state index contributed by atoms with van der Waals surface area (Å²) in [5, 5.41) is 20.8. The van der Waals surface area contributed by atoms with Crippen LogP contribution in [-0.2, 0) is 4.79 Å². The van der Waals surface area contributed by atoms with Crippen LogP contribution >= 0.6 is 0 Å². The number of carbonyl (C=O) groups excluding carboxylic acids is 1. The first-order valence-corrected chi connectivity index (χ1v) is 10.2. The predicted molar refractivity (Wildman–Crippen MR) is 95.6 cm³/mol. The number of aliphatic hydroxyl groups excluding tert-OH is 1. The highest BCUT2D eigenvalue weighted by Crippen LogP contribution is 2.76. The third-order valence-corrected chi connectivity index (χ3v) is 8.81. The second-order valence-corrected chi connectivity index (χ2v) is 9.60. The molecular formula is C22H30O3. The molecule has 5 aliphatic rings. The zero-order valence-electron chi connectivity index (χ0n) is 15.2. The summed E-state index contributed by atoms with van der Waals surface area (Å²) in [6.07, 6.45) is 13.1. The molecule has 136 valence electrons. The van der Waals surface area contributed by atoms with E-state index in [4.69, 9.17) is 0 Å². The molecule has 0 aliphatic heterocycles. The van der Waals surface area contributed by atoms with Crippen molar-refractivity contribution in [2.75, 3.05) is 6.61 Å². The Morgan fingerprint density at radius 2 is 2.04 bits per heavy atom. The Labute approximate surface area is 150 Å². The van der Waals surface area contributed by atoms with Gasteiger partial charge in [-0.05, 0) is 80.1 Å². The zero-order chi connectivity index (χ0) is 17.4. The van der Waals surface area contributed by atoms with Crippen LogP contribution in [0.5, 0.6) is 0 Å². The van der Waals surface area contributed by atoms with Crippen LogP contribution in [0, 0.1) is 40.9 Å². The van der Waals surface area contributed by atoms with Crippen LogP contribution in [-0.4, -0.2) is 28.2 Å². The minimum atomic E-state index is -0.727. The zero-order valence-corrected chi connectivity index (χ0v) is 15.2. The number of ketones is 1. The summed E-state index contributed by atoms with van der Waals surface area (Å²) >= 11 is 0. The van der Waals surface area contributed by atoms with Crippen LogP contribution in [0.25, 0.3) is 0 Å². The van der Waals surface area contributed by atoms with Crippen molar-refractivity contribution >= 4 is 5.78 Å². The minimum absolute atomic E-state index is 0.0107. The van der Waals surface area contributed by atoms with Gasteiger partial charge in [-0.25, -0.2) is 0 Å². The number of carbonyl (C=O) groups is 1. The number of rotatable bonds is 2. The van der Waals surface area contributed by atoms with Crippen molar-refractivity contribution in [1.29, 1.82) is 0 Å². The summed E-state index contributed by atoms with van der Waals surface area (Å²) in [7, 11) is 0. The first-order chi connectivity index (χ1) is 12.0. The maximum absolute atomic E-state index is 11.8. The van der Waals surface area contributed by atoms with Gasteiger partial charge in [0.1, 0.15) is 0 Å². The van der Waals surface area contributed by atoms with E-state index in [1.807, 2.05) is 12.2 Å². The molecule has 0 heterocycles. The molecule has 0 aromatic heterocycles. The molecule has 8 atom stereocenters. The van der Waals surface area contributed by atoms with Gasteiger partial charge in [-0.1, -0.05) is 24.6 Å². The lowest BCUT2D eigenvalue weighted by Gasteiger charge is -2.56. The maximum Gasteiger partial charge on any atom is 0.155 e.